The van der Waals surface area contributed by atoms with Gasteiger partial charge in [0.25, 0.3) is 0 Å². The van der Waals surface area contributed by atoms with Gasteiger partial charge in [0.15, 0.2) is 0 Å². The molecule has 1 saturated carbocycles. The zero-order valence-corrected chi connectivity index (χ0v) is 5.55. The molecule has 51 valence electrons. The summed E-state index contributed by atoms with van der Waals surface area (Å²) in [5.41, 5.74) is 1.11. The Balaban J connectivity index is 2.32. The Hall–Kier alpha value is -0.850. The maximum absolute atomic E-state index is 12.5. The smallest absolute Gasteiger partial charge is 0.123 e. The average Bonchev–Trinajstić information content (AvgIpc) is 2.68. The number of benzene rings is 1. The monoisotopic (exact) mass is 135 g/mol. The Morgan fingerprint density at radius 3 is 2.80 bits per heavy atom. The Morgan fingerprint density at radius 1 is 1.40 bits per heavy atom. The van der Waals surface area contributed by atoms with Crippen LogP contribution in [0, 0.1) is 12.2 Å². The predicted molar refractivity (Wildman–Crippen MR) is 38.1 cm³/mol. The van der Waals surface area contributed by atoms with Gasteiger partial charge in [0.05, 0.1) is 0 Å². The van der Waals surface area contributed by atoms with Gasteiger partial charge in [0, 0.05) is 0 Å². The first-order valence-corrected chi connectivity index (χ1v) is 3.45. The van der Waals surface area contributed by atoms with Crippen molar-refractivity contribution in [2.75, 3.05) is 0 Å². The third-order valence-electron chi connectivity index (χ3n) is 1.75. The van der Waals surface area contributed by atoms with Crippen molar-refractivity contribution in [1.82, 2.24) is 0 Å². The van der Waals surface area contributed by atoms with E-state index in [2.05, 4.69) is 6.42 Å². The molecule has 1 unspecified atom stereocenters. The SMILES string of the molecule is Fc1cccc(C2[CH]C2)c1. The van der Waals surface area contributed by atoms with Crippen LogP contribution in [-0.2, 0) is 0 Å². The standard InChI is InChI=1S/C9H8F/c10-9-3-1-2-8(6-9)7-4-5-7/h1-4,6-7H,5H2. The van der Waals surface area contributed by atoms with Crippen molar-refractivity contribution in [2.24, 2.45) is 0 Å². The van der Waals surface area contributed by atoms with Gasteiger partial charge >= 0.3 is 0 Å². The van der Waals surface area contributed by atoms with Gasteiger partial charge < -0.3 is 0 Å². The summed E-state index contributed by atoms with van der Waals surface area (Å²) in [6.07, 6.45) is 3.29. The maximum Gasteiger partial charge on any atom is 0.123 e. The van der Waals surface area contributed by atoms with Crippen molar-refractivity contribution in [3.63, 3.8) is 0 Å². The molecule has 1 aliphatic rings. The van der Waals surface area contributed by atoms with Crippen LogP contribution >= 0.6 is 0 Å². The molecule has 1 radical (unpaired) electrons. The minimum atomic E-state index is -0.127. The molecular weight excluding hydrogens is 127 g/mol. The minimum absolute atomic E-state index is 0.127. The van der Waals surface area contributed by atoms with E-state index in [4.69, 9.17) is 0 Å². The molecule has 1 aromatic carbocycles. The van der Waals surface area contributed by atoms with Crippen LogP contribution in [-0.4, -0.2) is 0 Å². The van der Waals surface area contributed by atoms with E-state index in [1.807, 2.05) is 6.07 Å². The molecule has 0 aromatic heterocycles. The van der Waals surface area contributed by atoms with Gasteiger partial charge in [-0.25, -0.2) is 4.39 Å². The number of rotatable bonds is 1. The van der Waals surface area contributed by atoms with Crippen LogP contribution in [0.15, 0.2) is 24.3 Å². The van der Waals surface area contributed by atoms with Gasteiger partial charge in [-0.3, -0.25) is 0 Å². The van der Waals surface area contributed by atoms with E-state index in [9.17, 15) is 4.39 Å². The molecule has 1 heteroatoms. The summed E-state index contributed by atoms with van der Waals surface area (Å²) < 4.78 is 12.5. The molecule has 1 atom stereocenters. The lowest BCUT2D eigenvalue weighted by Crippen LogP contribution is -1.79. The third kappa shape index (κ3) is 1.04. The van der Waals surface area contributed by atoms with Crippen molar-refractivity contribution in [3.05, 3.63) is 42.1 Å². The molecule has 1 aromatic rings. The summed E-state index contributed by atoms with van der Waals surface area (Å²) in [5, 5.41) is 0. The van der Waals surface area contributed by atoms with E-state index >= 15 is 0 Å². The van der Waals surface area contributed by atoms with Gasteiger partial charge in [-0.2, -0.15) is 0 Å². The molecule has 0 N–H and O–H groups in total. The van der Waals surface area contributed by atoms with E-state index in [0.717, 1.165) is 12.0 Å². The van der Waals surface area contributed by atoms with Crippen LogP contribution in [0.1, 0.15) is 17.9 Å². The van der Waals surface area contributed by atoms with Crippen molar-refractivity contribution in [2.45, 2.75) is 12.3 Å². The van der Waals surface area contributed by atoms with E-state index in [0.29, 0.717) is 5.92 Å². The molecule has 0 aliphatic heterocycles. The van der Waals surface area contributed by atoms with Crippen LogP contribution < -0.4 is 0 Å². The highest BCUT2D eigenvalue weighted by molar-refractivity contribution is 5.29. The summed E-state index contributed by atoms with van der Waals surface area (Å²) in [6.45, 7) is 0. The van der Waals surface area contributed by atoms with Gasteiger partial charge in [-0.1, -0.05) is 12.1 Å². The predicted octanol–water partition coefficient (Wildman–Crippen LogP) is 2.52. The molecule has 2 rings (SSSR count). The highest BCUT2D eigenvalue weighted by Crippen LogP contribution is 2.38. The van der Waals surface area contributed by atoms with Gasteiger partial charge in [0.1, 0.15) is 5.82 Å². The molecule has 10 heavy (non-hydrogen) atoms. The van der Waals surface area contributed by atoms with Gasteiger partial charge in [-0.15, -0.1) is 0 Å². The van der Waals surface area contributed by atoms with Gasteiger partial charge in [0.2, 0.25) is 0 Å². The fraction of sp³-hybridized carbons (Fsp3) is 0.222. The van der Waals surface area contributed by atoms with E-state index in [1.54, 1.807) is 12.1 Å². The Bertz CT molecular complexity index is 238. The molecule has 0 heterocycles. The first-order chi connectivity index (χ1) is 4.86. The minimum Gasteiger partial charge on any atom is -0.207 e. The first-order valence-electron chi connectivity index (χ1n) is 3.45. The van der Waals surface area contributed by atoms with Crippen LogP contribution in [0.4, 0.5) is 4.39 Å². The van der Waals surface area contributed by atoms with Crippen molar-refractivity contribution < 1.29 is 4.39 Å². The Labute approximate surface area is 59.7 Å². The number of halogens is 1. The van der Waals surface area contributed by atoms with Crippen molar-refractivity contribution in [3.8, 4) is 0 Å². The largest absolute Gasteiger partial charge is 0.207 e. The Morgan fingerprint density at radius 2 is 2.20 bits per heavy atom. The summed E-state index contributed by atoms with van der Waals surface area (Å²) in [5.74, 6) is 0.411. The molecule has 0 bridgehead atoms. The lowest BCUT2D eigenvalue weighted by molar-refractivity contribution is 0.625. The Kier molecular flexibility index (Phi) is 1.23. The average molecular weight is 135 g/mol. The summed E-state index contributed by atoms with van der Waals surface area (Å²) >= 11 is 0. The lowest BCUT2D eigenvalue weighted by Gasteiger charge is -1.94. The maximum atomic E-state index is 12.5. The van der Waals surface area contributed by atoms with Crippen molar-refractivity contribution in [1.29, 1.82) is 0 Å². The van der Waals surface area contributed by atoms with Crippen LogP contribution in [0.3, 0.4) is 0 Å². The zero-order valence-electron chi connectivity index (χ0n) is 5.55. The quantitative estimate of drug-likeness (QED) is 0.555. The molecule has 0 saturated heterocycles. The summed E-state index contributed by atoms with van der Waals surface area (Å²) in [7, 11) is 0. The van der Waals surface area contributed by atoms with Crippen molar-refractivity contribution >= 4 is 0 Å². The highest BCUT2D eigenvalue weighted by atomic mass is 19.1. The molecule has 1 fully saturated rings. The second kappa shape index (κ2) is 2.08. The van der Waals surface area contributed by atoms with Crippen LogP contribution in [0.5, 0.6) is 0 Å². The molecule has 1 aliphatic carbocycles. The molecule has 0 spiro atoms. The number of hydrogen-bond donors (Lipinski definition) is 0. The van der Waals surface area contributed by atoms with Crippen LogP contribution in [0.2, 0.25) is 0 Å². The second-order valence-corrected chi connectivity index (χ2v) is 2.63. The van der Waals surface area contributed by atoms with E-state index in [1.165, 1.54) is 6.07 Å². The number of hydrogen-bond acceptors (Lipinski definition) is 0. The topological polar surface area (TPSA) is 0 Å². The highest BCUT2D eigenvalue weighted by Gasteiger charge is 2.23. The summed E-state index contributed by atoms with van der Waals surface area (Å²) in [6, 6.07) is 6.81. The lowest BCUT2D eigenvalue weighted by atomic mass is 10.1. The van der Waals surface area contributed by atoms with Crippen LogP contribution in [0.25, 0.3) is 0 Å². The van der Waals surface area contributed by atoms with E-state index < -0.39 is 0 Å². The van der Waals surface area contributed by atoms with Gasteiger partial charge in [-0.05, 0) is 36.5 Å². The summed E-state index contributed by atoms with van der Waals surface area (Å²) in [4.78, 5) is 0. The third-order valence-corrected chi connectivity index (χ3v) is 1.75. The molecule has 0 nitrogen and oxygen atoms in total. The van der Waals surface area contributed by atoms with E-state index in [-0.39, 0.29) is 5.82 Å². The fourth-order valence-corrected chi connectivity index (χ4v) is 1.08. The normalized spacial score (nSPS) is 17.3. The zero-order chi connectivity index (χ0) is 6.97. The molecule has 0 amide bonds. The second-order valence-electron chi connectivity index (χ2n) is 2.63. The molecular formula is C9H8F. The first kappa shape index (κ1) is 5.90. The fourth-order valence-electron chi connectivity index (χ4n) is 1.08.